The van der Waals surface area contributed by atoms with Crippen LogP contribution in [-0.2, 0) is 0 Å². The topological polar surface area (TPSA) is 94.0 Å². The minimum atomic E-state index is -1.19. The maximum Gasteiger partial charge on any atom is 0.339 e. The van der Waals surface area contributed by atoms with Crippen LogP contribution in [0.2, 0.25) is 0 Å². The van der Waals surface area contributed by atoms with Crippen molar-refractivity contribution in [1.82, 2.24) is 10.7 Å². The van der Waals surface area contributed by atoms with Crippen LogP contribution in [0.4, 0.5) is 0 Å². The van der Waals surface area contributed by atoms with Gasteiger partial charge in [-0.2, -0.15) is 5.10 Å². The molecule has 1 aromatic rings. The Hall–Kier alpha value is -2.15. The van der Waals surface area contributed by atoms with Gasteiger partial charge < -0.3 is 15.5 Å². The Bertz CT molecular complexity index is 583. The molecule has 1 aliphatic rings. The molecule has 6 nitrogen and oxygen atoms in total. The molecular weight excluding hydrogens is 302 g/mol. The predicted octanol–water partition coefficient (Wildman–Crippen LogP) is 2.22. The van der Waals surface area contributed by atoms with Crippen LogP contribution in [-0.4, -0.2) is 33.6 Å². The number of aromatic hydroxyl groups is 1. The molecule has 0 amide bonds. The number of phenols is 1. The van der Waals surface area contributed by atoms with Gasteiger partial charge in [0.1, 0.15) is 11.3 Å². The number of para-hydroxylation sites is 1. The van der Waals surface area contributed by atoms with Crippen molar-refractivity contribution in [3.8, 4) is 5.75 Å². The van der Waals surface area contributed by atoms with Gasteiger partial charge in [-0.15, -0.1) is 0 Å². The number of benzene rings is 1. The monoisotopic (exact) mass is 321 g/mol. The number of rotatable bonds is 4. The van der Waals surface area contributed by atoms with Crippen molar-refractivity contribution >= 4 is 29.5 Å². The Kier molecular flexibility index (Phi) is 5.71. The molecule has 0 radical (unpaired) electrons. The first-order valence-corrected chi connectivity index (χ1v) is 7.63. The van der Waals surface area contributed by atoms with E-state index < -0.39 is 5.97 Å². The average Bonchev–Trinajstić information content (AvgIpc) is 2.49. The van der Waals surface area contributed by atoms with Gasteiger partial charge in [-0.25, -0.2) is 4.79 Å². The molecule has 0 unspecified atom stereocenters. The van der Waals surface area contributed by atoms with Crippen molar-refractivity contribution in [3.05, 3.63) is 29.3 Å². The van der Waals surface area contributed by atoms with Crippen molar-refractivity contribution in [3.63, 3.8) is 0 Å². The maximum atomic E-state index is 10.9. The molecule has 4 N–H and O–H groups in total. The molecule has 0 aliphatic heterocycles. The summed E-state index contributed by atoms with van der Waals surface area (Å²) in [7, 11) is 0. The first-order valence-electron chi connectivity index (χ1n) is 7.23. The largest absolute Gasteiger partial charge is 0.506 e. The summed E-state index contributed by atoms with van der Waals surface area (Å²) >= 11 is 5.16. The van der Waals surface area contributed by atoms with Crippen LogP contribution in [0, 0.1) is 0 Å². The zero-order chi connectivity index (χ0) is 15.9. The van der Waals surface area contributed by atoms with Crippen molar-refractivity contribution in [2.75, 3.05) is 0 Å². The number of carboxylic acids is 1. The Morgan fingerprint density at radius 2 is 2.05 bits per heavy atom. The molecule has 118 valence electrons. The van der Waals surface area contributed by atoms with E-state index in [2.05, 4.69) is 15.8 Å². The van der Waals surface area contributed by atoms with Gasteiger partial charge in [0.25, 0.3) is 0 Å². The molecule has 22 heavy (non-hydrogen) atoms. The number of hydrazone groups is 1. The second-order valence-electron chi connectivity index (χ2n) is 5.23. The van der Waals surface area contributed by atoms with Crippen LogP contribution >= 0.6 is 12.2 Å². The molecular formula is C15H19N3O3S. The second kappa shape index (κ2) is 7.74. The van der Waals surface area contributed by atoms with Crippen molar-refractivity contribution in [1.29, 1.82) is 0 Å². The van der Waals surface area contributed by atoms with E-state index in [4.69, 9.17) is 17.3 Å². The molecule has 0 heterocycles. The van der Waals surface area contributed by atoms with E-state index in [1.54, 1.807) is 12.1 Å². The highest BCUT2D eigenvalue weighted by atomic mass is 32.1. The second-order valence-corrected chi connectivity index (χ2v) is 5.64. The predicted molar refractivity (Wildman–Crippen MR) is 88.4 cm³/mol. The highest BCUT2D eigenvalue weighted by Gasteiger charge is 2.14. The van der Waals surface area contributed by atoms with Gasteiger partial charge in [0, 0.05) is 11.6 Å². The van der Waals surface area contributed by atoms with Gasteiger partial charge in [-0.1, -0.05) is 25.3 Å². The molecule has 0 bridgehead atoms. The van der Waals surface area contributed by atoms with E-state index >= 15 is 0 Å². The lowest BCUT2D eigenvalue weighted by atomic mass is 9.96. The quantitative estimate of drug-likeness (QED) is 0.386. The fourth-order valence-electron chi connectivity index (χ4n) is 2.46. The molecule has 0 aromatic heterocycles. The fourth-order valence-corrected chi connectivity index (χ4v) is 2.68. The average molecular weight is 321 g/mol. The van der Waals surface area contributed by atoms with Gasteiger partial charge in [0.05, 0.1) is 6.21 Å². The lowest BCUT2D eigenvalue weighted by Gasteiger charge is -2.23. The highest BCUT2D eigenvalue weighted by molar-refractivity contribution is 7.80. The summed E-state index contributed by atoms with van der Waals surface area (Å²) < 4.78 is 0. The summed E-state index contributed by atoms with van der Waals surface area (Å²) in [5.41, 5.74) is 2.84. The Balaban J connectivity index is 1.90. The van der Waals surface area contributed by atoms with Crippen LogP contribution in [0.3, 0.4) is 0 Å². The Morgan fingerprint density at radius 3 is 2.73 bits per heavy atom. The molecule has 1 fully saturated rings. The third-order valence-corrected chi connectivity index (χ3v) is 3.82. The van der Waals surface area contributed by atoms with E-state index in [1.165, 1.54) is 31.5 Å². The number of nitrogens with one attached hydrogen (secondary N) is 2. The van der Waals surface area contributed by atoms with Gasteiger partial charge in [0.2, 0.25) is 0 Å². The van der Waals surface area contributed by atoms with Crippen LogP contribution in [0.5, 0.6) is 5.75 Å². The molecule has 0 atom stereocenters. The SMILES string of the molecule is O=C(O)c1cccc(C=NNC(=S)NC2CCCCC2)c1O. The number of carboxylic acid groups (broad SMARTS) is 1. The molecule has 7 heteroatoms. The first kappa shape index (κ1) is 16.2. The number of thiocarbonyl (C=S) groups is 1. The summed E-state index contributed by atoms with van der Waals surface area (Å²) in [5, 5.41) is 26.3. The van der Waals surface area contributed by atoms with Crippen molar-refractivity contribution < 1.29 is 15.0 Å². The third-order valence-electron chi connectivity index (χ3n) is 3.61. The van der Waals surface area contributed by atoms with E-state index in [9.17, 15) is 9.90 Å². The molecule has 1 aromatic carbocycles. The number of aromatic carboxylic acids is 1. The van der Waals surface area contributed by atoms with Crippen molar-refractivity contribution in [2.45, 2.75) is 38.1 Å². The summed E-state index contributed by atoms with van der Waals surface area (Å²) in [6.07, 6.45) is 7.24. The summed E-state index contributed by atoms with van der Waals surface area (Å²) in [6.45, 7) is 0. The van der Waals surface area contributed by atoms with Gasteiger partial charge in [0.15, 0.2) is 5.11 Å². The summed E-state index contributed by atoms with van der Waals surface area (Å²) in [5.74, 6) is -1.50. The first-order chi connectivity index (χ1) is 10.6. The standard InChI is InChI=1S/C15H19N3O3S/c19-13-10(5-4-8-12(13)14(20)21)9-16-18-15(22)17-11-6-2-1-3-7-11/h4-5,8-9,11,19H,1-3,6-7H2,(H,20,21)(H2,17,18,22). The minimum absolute atomic E-state index is 0.160. The lowest BCUT2D eigenvalue weighted by molar-refractivity contribution is 0.0693. The fraction of sp³-hybridized carbons (Fsp3) is 0.400. The van der Waals surface area contributed by atoms with Crippen LogP contribution in [0.1, 0.15) is 48.0 Å². The van der Waals surface area contributed by atoms with Crippen LogP contribution in [0.15, 0.2) is 23.3 Å². The number of nitrogens with zero attached hydrogens (tertiary/aromatic N) is 1. The summed E-state index contributed by atoms with van der Waals surface area (Å²) in [4.78, 5) is 10.9. The number of hydrogen-bond donors (Lipinski definition) is 4. The highest BCUT2D eigenvalue weighted by Crippen LogP contribution is 2.20. The van der Waals surface area contributed by atoms with Gasteiger partial charge >= 0.3 is 5.97 Å². The Morgan fingerprint density at radius 1 is 1.32 bits per heavy atom. The number of carbonyl (C=O) groups is 1. The molecule has 0 saturated heterocycles. The molecule has 0 spiro atoms. The van der Waals surface area contributed by atoms with E-state index in [-0.39, 0.29) is 11.3 Å². The van der Waals surface area contributed by atoms with E-state index in [0.717, 1.165) is 12.8 Å². The lowest BCUT2D eigenvalue weighted by Crippen LogP contribution is -2.40. The van der Waals surface area contributed by atoms with E-state index in [1.807, 2.05) is 0 Å². The van der Waals surface area contributed by atoms with Crippen LogP contribution in [0.25, 0.3) is 0 Å². The van der Waals surface area contributed by atoms with E-state index in [0.29, 0.717) is 16.7 Å². The molecule has 2 rings (SSSR count). The summed E-state index contributed by atoms with van der Waals surface area (Å²) in [6, 6.07) is 4.83. The molecule has 1 saturated carbocycles. The zero-order valence-corrected chi connectivity index (χ0v) is 12.9. The van der Waals surface area contributed by atoms with Crippen LogP contribution < -0.4 is 10.7 Å². The van der Waals surface area contributed by atoms with Gasteiger partial charge in [-0.3, -0.25) is 5.43 Å². The smallest absolute Gasteiger partial charge is 0.339 e. The Labute approximate surface area is 134 Å². The normalized spacial score (nSPS) is 15.6. The molecule has 1 aliphatic carbocycles. The van der Waals surface area contributed by atoms with Gasteiger partial charge in [-0.05, 0) is 37.2 Å². The third kappa shape index (κ3) is 4.42. The zero-order valence-electron chi connectivity index (χ0n) is 12.1. The minimum Gasteiger partial charge on any atom is -0.506 e. The number of hydrogen-bond acceptors (Lipinski definition) is 4. The van der Waals surface area contributed by atoms with Crippen molar-refractivity contribution in [2.24, 2.45) is 5.10 Å². The maximum absolute atomic E-state index is 10.9.